The summed E-state index contributed by atoms with van der Waals surface area (Å²) in [5.41, 5.74) is 5.42. The van der Waals surface area contributed by atoms with Gasteiger partial charge in [-0.05, 0) is 61.6 Å². The minimum atomic E-state index is -0.0355. The summed E-state index contributed by atoms with van der Waals surface area (Å²) in [7, 11) is 0. The van der Waals surface area contributed by atoms with Gasteiger partial charge >= 0.3 is 0 Å². The van der Waals surface area contributed by atoms with Gasteiger partial charge in [0.2, 0.25) is 5.91 Å². The van der Waals surface area contributed by atoms with Gasteiger partial charge in [-0.15, -0.1) is 0 Å². The largest absolute Gasteiger partial charge is 0.328 e. The number of rotatable bonds is 2. The van der Waals surface area contributed by atoms with Gasteiger partial charge in [0.15, 0.2) is 0 Å². The van der Waals surface area contributed by atoms with Crippen molar-refractivity contribution in [2.45, 2.75) is 26.2 Å². The van der Waals surface area contributed by atoms with E-state index in [2.05, 4.69) is 6.07 Å². The van der Waals surface area contributed by atoms with Gasteiger partial charge in [0, 0.05) is 24.3 Å². The summed E-state index contributed by atoms with van der Waals surface area (Å²) in [6.07, 6.45) is 3.33. The van der Waals surface area contributed by atoms with Crippen LogP contribution in [0, 0.1) is 6.92 Å². The number of hydrogen-bond donors (Lipinski definition) is 0. The van der Waals surface area contributed by atoms with Crippen molar-refractivity contribution in [3.05, 3.63) is 64.7 Å². The number of hydrogen-bond acceptors (Lipinski definition) is 2. The monoisotopic (exact) mass is 334 g/mol. The Kier molecular flexibility index (Phi) is 4.04. The average Bonchev–Trinajstić information content (AvgIpc) is 3.09. The zero-order valence-electron chi connectivity index (χ0n) is 14.5. The summed E-state index contributed by atoms with van der Waals surface area (Å²) in [5.74, 6) is -0.0591. The first-order chi connectivity index (χ1) is 12.1. The van der Waals surface area contributed by atoms with Gasteiger partial charge in [0.25, 0.3) is 5.91 Å². The Morgan fingerprint density at radius 3 is 2.48 bits per heavy atom. The van der Waals surface area contributed by atoms with Crippen LogP contribution in [0.2, 0.25) is 0 Å². The van der Waals surface area contributed by atoms with E-state index in [-0.39, 0.29) is 18.4 Å². The third-order valence-corrected chi connectivity index (χ3v) is 5.20. The van der Waals surface area contributed by atoms with Crippen LogP contribution >= 0.6 is 0 Å². The molecule has 1 aliphatic carbocycles. The number of piperazine rings is 1. The number of carbonyl (C=O) groups excluding carboxylic acids is 2. The normalized spacial score (nSPS) is 16.9. The van der Waals surface area contributed by atoms with Crippen LogP contribution in [-0.4, -0.2) is 36.3 Å². The molecule has 2 amide bonds. The molecule has 4 rings (SSSR count). The second-order valence-electron chi connectivity index (χ2n) is 6.94. The van der Waals surface area contributed by atoms with Crippen molar-refractivity contribution in [3.8, 4) is 0 Å². The minimum Gasteiger partial charge on any atom is -0.328 e. The van der Waals surface area contributed by atoms with E-state index < -0.39 is 0 Å². The van der Waals surface area contributed by atoms with Gasteiger partial charge in [-0.3, -0.25) is 9.59 Å². The number of amides is 2. The molecule has 0 aromatic heterocycles. The number of fused-ring (bicyclic) bond motifs is 1. The molecule has 1 fully saturated rings. The van der Waals surface area contributed by atoms with Crippen molar-refractivity contribution in [2.75, 3.05) is 24.5 Å². The summed E-state index contributed by atoms with van der Waals surface area (Å²) < 4.78 is 0. The maximum absolute atomic E-state index is 12.8. The first-order valence-electron chi connectivity index (χ1n) is 8.90. The van der Waals surface area contributed by atoms with Crippen molar-refractivity contribution < 1.29 is 9.59 Å². The van der Waals surface area contributed by atoms with Gasteiger partial charge in [0.05, 0.1) is 0 Å². The van der Waals surface area contributed by atoms with Crippen molar-refractivity contribution in [2.24, 2.45) is 0 Å². The smallest absolute Gasteiger partial charge is 0.254 e. The number of carbonyl (C=O) groups is 2. The molecule has 2 aliphatic rings. The highest BCUT2D eigenvalue weighted by atomic mass is 16.2. The molecule has 0 spiro atoms. The average molecular weight is 334 g/mol. The molecule has 0 atom stereocenters. The Bertz CT molecular complexity index is 826. The van der Waals surface area contributed by atoms with Crippen LogP contribution in [0.5, 0.6) is 0 Å². The van der Waals surface area contributed by atoms with Crippen LogP contribution in [0.3, 0.4) is 0 Å². The first kappa shape index (κ1) is 15.9. The second kappa shape index (κ2) is 6.36. The maximum atomic E-state index is 12.8. The van der Waals surface area contributed by atoms with E-state index in [0.717, 1.165) is 18.5 Å². The molecule has 1 saturated heterocycles. The van der Waals surface area contributed by atoms with Crippen LogP contribution < -0.4 is 4.90 Å². The summed E-state index contributed by atoms with van der Waals surface area (Å²) in [5, 5.41) is 0. The van der Waals surface area contributed by atoms with Crippen LogP contribution in [0.4, 0.5) is 5.69 Å². The quantitative estimate of drug-likeness (QED) is 0.847. The number of benzene rings is 2. The van der Waals surface area contributed by atoms with Crippen molar-refractivity contribution in [3.63, 3.8) is 0 Å². The third kappa shape index (κ3) is 3.04. The van der Waals surface area contributed by atoms with Crippen LogP contribution in [-0.2, 0) is 17.6 Å². The van der Waals surface area contributed by atoms with Crippen molar-refractivity contribution >= 4 is 17.5 Å². The van der Waals surface area contributed by atoms with E-state index in [4.69, 9.17) is 0 Å². The number of anilines is 1. The van der Waals surface area contributed by atoms with Crippen LogP contribution in [0.1, 0.15) is 33.5 Å². The van der Waals surface area contributed by atoms with Gasteiger partial charge < -0.3 is 9.80 Å². The molecule has 2 aromatic rings. The standard InChI is InChI=1S/C21H22N2O2/c1-15-5-9-19(10-6-15)23-12-11-22(14-20(23)24)21(25)18-8-7-16-3-2-4-17(16)13-18/h5-10,13H,2-4,11-12,14H2,1H3. The molecule has 0 radical (unpaired) electrons. The van der Waals surface area contributed by atoms with Crippen molar-refractivity contribution in [1.29, 1.82) is 0 Å². The maximum Gasteiger partial charge on any atom is 0.254 e. The first-order valence-corrected chi connectivity index (χ1v) is 8.90. The lowest BCUT2D eigenvalue weighted by molar-refractivity contribution is -0.120. The van der Waals surface area contributed by atoms with Gasteiger partial charge in [0.1, 0.15) is 6.54 Å². The van der Waals surface area contributed by atoms with Crippen molar-refractivity contribution in [1.82, 2.24) is 4.90 Å². The summed E-state index contributed by atoms with van der Waals surface area (Å²) >= 11 is 0. The Hall–Kier alpha value is -2.62. The fourth-order valence-electron chi connectivity index (χ4n) is 3.73. The Morgan fingerprint density at radius 2 is 1.72 bits per heavy atom. The lowest BCUT2D eigenvalue weighted by Crippen LogP contribution is -2.52. The molecule has 4 heteroatoms. The molecule has 0 unspecified atom stereocenters. The molecule has 0 bridgehead atoms. The molecule has 0 saturated carbocycles. The van der Waals surface area contributed by atoms with E-state index in [1.165, 1.54) is 23.1 Å². The predicted octanol–water partition coefficient (Wildman–Crippen LogP) is 2.97. The topological polar surface area (TPSA) is 40.6 Å². The molecule has 4 nitrogen and oxygen atoms in total. The summed E-state index contributed by atoms with van der Waals surface area (Å²) in [6.45, 7) is 3.27. The van der Waals surface area contributed by atoms with Crippen LogP contribution in [0.25, 0.3) is 0 Å². The zero-order valence-corrected chi connectivity index (χ0v) is 14.5. The Labute approximate surface area is 148 Å². The van der Waals surface area contributed by atoms with E-state index >= 15 is 0 Å². The summed E-state index contributed by atoms with van der Waals surface area (Å²) in [6, 6.07) is 13.9. The van der Waals surface area contributed by atoms with Gasteiger partial charge in [-0.25, -0.2) is 0 Å². The highest BCUT2D eigenvalue weighted by Crippen LogP contribution is 2.24. The molecule has 1 heterocycles. The van der Waals surface area contributed by atoms with Gasteiger partial charge in [-0.2, -0.15) is 0 Å². The minimum absolute atomic E-state index is 0.0235. The predicted molar refractivity (Wildman–Crippen MR) is 97.9 cm³/mol. The lowest BCUT2D eigenvalue weighted by Gasteiger charge is -2.34. The zero-order chi connectivity index (χ0) is 17.4. The lowest BCUT2D eigenvalue weighted by atomic mass is 10.1. The SMILES string of the molecule is Cc1ccc(N2CCN(C(=O)c3ccc4c(c3)CCC4)CC2=O)cc1. The van der Waals surface area contributed by atoms with E-state index in [1.807, 2.05) is 43.3 Å². The highest BCUT2D eigenvalue weighted by Gasteiger charge is 2.29. The molecule has 128 valence electrons. The Morgan fingerprint density at radius 1 is 0.960 bits per heavy atom. The fourth-order valence-corrected chi connectivity index (χ4v) is 3.73. The molecular formula is C21H22N2O2. The fraction of sp³-hybridized carbons (Fsp3) is 0.333. The third-order valence-electron chi connectivity index (χ3n) is 5.20. The molecular weight excluding hydrogens is 312 g/mol. The molecule has 25 heavy (non-hydrogen) atoms. The molecule has 0 N–H and O–H groups in total. The van der Waals surface area contributed by atoms with Crippen LogP contribution in [0.15, 0.2) is 42.5 Å². The van der Waals surface area contributed by atoms with E-state index in [0.29, 0.717) is 18.7 Å². The number of aryl methyl sites for hydroxylation is 3. The number of nitrogens with zero attached hydrogens (tertiary/aromatic N) is 2. The van der Waals surface area contributed by atoms with E-state index in [9.17, 15) is 9.59 Å². The highest BCUT2D eigenvalue weighted by molar-refractivity contribution is 6.01. The van der Waals surface area contributed by atoms with E-state index in [1.54, 1.807) is 9.80 Å². The summed E-state index contributed by atoms with van der Waals surface area (Å²) in [4.78, 5) is 28.8. The Balaban J connectivity index is 1.47. The second-order valence-corrected chi connectivity index (χ2v) is 6.94. The molecule has 1 aliphatic heterocycles. The van der Waals surface area contributed by atoms with Gasteiger partial charge in [-0.1, -0.05) is 23.8 Å². The molecule has 2 aromatic carbocycles.